The number of hydrogen-bond donors (Lipinski definition) is 0. The molecule has 0 saturated heterocycles. The summed E-state index contributed by atoms with van der Waals surface area (Å²) in [6.07, 6.45) is 0. The lowest BCUT2D eigenvalue weighted by Crippen LogP contribution is -1.93. The van der Waals surface area contributed by atoms with Gasteiger partial charge < -0.3 is 0 Å². The van der Waals surface area contributed by atoms with Gasteiger partial charge in [-0.3, -0.25) is 0 Å². The zero-order valence-corrected chi connectivity index (χ0v) is 21.5. The first-order valence-electron chi connectivity index (χ1n) is 16.8. The molecule has 0 fully saturated rings. The van der Waals surface area contributed by atoms with Gasteiger partial charge in [-0.15, -0.1) is 0 Å². The van der Waals surface area contributed by atoms with Crippen molar-refractivity contribution in [1.82, 2.24) is 0 Å². The second kappa shape index (κ2) is 9.22. The molecule has 0 atom stereocenters. The van der Waals surface area contributed by atoms with E-state index in [0.29, 0.717) is 44.2 Å². The summed E-state index contributed by atoms with van der Waals surface area (Å²) < 4.78 is 64.8. The molecule has 0 saturated carbocycles. The molecule has 0 aliphatic rings. The van der Waals surface area contributed by atoms with Crippen LogP contribution in [0.4, 0.5) is 0 Å². The van der Waals surface area contributed by atoms with Crippen LogP contribution in [-0.2, 0) is 0 Å². The topological polar surface area (TPSA) is 0 Å². The molecule has 0 nitrogen and oxygen atoms in total. The minimum atomic E-state index is -0.377. The summed E-state index contributed by atoms with van der Waals surface area (Å²) in [4.78, 5) is 0. The summed E-state index contributed by atoms with van der Waals surface area (Å²) in [5.41, 5.74) is 3.14. The number of benzene rings is 8. The van der Waals surface area contributed by atoms with Gasteiger partial charge in [0.25, 0.3) is 0 Å². The fourth-order valence-electron chi connectivity index (χ4n) is 5.89. The van der Waals surface area contributed by atoms with Crippen molar-refractivity contribution >= 4 is 43.1 Å². The first-order valence-corrected chi connectivity index (χ1v) is 13.3. The fourth-order valence-corrected chi connectivity index (χ4v) is 5.89. The summed E-state index contributed by atoms with van der Waals surface area (Å²) in [5.74, 6) is 0. The Morgan fingerprint density at radius 1 is 0.375 bits per heavy atom. The van der Waals surface area contributed by atoms with Crippen molar-refractivity contribution in [1.29, 1.82) is 0 Å². The van der Waals surface area contributed by atoms with Crippen molar-refractivity contribution in [3.05, 3.63) is 158 Å². The van der Waals surface area contributed by atoms with Gasteiger partial charge in [-0.1, -0.05) is 145 Å². The van der Waals surface area contributed by atoms with E-state index in [-0.39, 0.29) is 53.1 Å². The molecule has 8 aromatic rings. The molecule has 0 amide bonds. The Morgan fingerprint density at radius 2 is 0.950 bits per heavy atom. The molecule has 0 bridgehead atoms. The van der Waals surface area contributed by atoms with Gasteiger partial charge in [0.2, 0.25) is 0 Å². The molecule has 0 N–H and O–H groups in total. The van der Waals surface area contributed by atoms with Crippen molar-refractivity contribution in [3.8, 4) is 33.4 Å². The molecule has 186 valence electrons. The van der Waals surface area contributed by atoms with Crippen LogP contribution in [0, 0.1) is 0 Å². The molecule has 8 rings (SSSR count). The normalized spacial score (nSPS) is 13.9. The van der Waals surface area contributed by atoms with Gasteiger partial charge in [0.15, 0.2) is 0 Å². The van der Waals surface area contributed by atoms with E-state index in [9.17, 15) is 6.85 Å². The molecule has 40 heavy (non-hydrogen) atoms. The van der Waals surface area contributed by atoms with Gasteiger partial charge in [-0.05, 0) is 88.6 Å². The fraction of sp³-hybridized carbons (Fsp3) is 0. The molecule has 0 heteroatoms. The van der Waals surface area contributed by atoms with E-state index in [4.69, 9.17) is 2.74 Å². The van der Waals surface area contributed by atoms with Crippen LogP contribution in [0.15, 0.2) is 158 Å². The highest BCUT2D eigenvalue weighted by molar-refractivity contribution is 6.26. The van der Waals surface area contributed by atoms with Gasteiger partial charge in [0.1, 0.15) is 0 Å². The molecular formula is C40H26. The van der Waals surface area contributed by atoms with E-state index in [1.165, 1.54) is 0 Å². The maximum absolute atomic E-state index is 9.83. The number of fused-ring (bicyclic) bond motifs is 5. The predicted octanol–water partition coefficient (Wildman–Crippen LogP) is 11.3. The monoisotopic (exact) mass is 513 g/mol. The maximum Gasteiger partial charge on any atom is 0.0636 e. The summed E-state index contributed by atoms with van der Waals surface area (Å²) in [6.45, 7) is 0. The van der Waals surface area contributed by atoms with Crippen molar-refractivity contribution in [3.63, 3.8) is 0 Å². The highest BCUT2D eigenvalue weighted by Crippen LogP contribution is 2.47. The second-order valence-electron chi connectivity index (χ2n) is 9.92. The van der Waals surface area contributed by atoms with Crippen LogP contribution in [0.2, 0.25) is 0 Å². The van der Waals surface area contributed by atoms with Crippen LogP contribution in [0.5, 0.6) is 0 Å². The van der Waals surface area contributed by atoms with Gasteiger partial charge in [0.05, 0.1) is 9.60 Å². The average molecular weight is 514 g/mol. The summed E-state index contributed by atoms with van der Waals surface area (Å²) in [5, 5.41) is 5.04. The average Bonchev–Trinajstić information content (AvgIpc) is 3.11. The molecule has 0 heterocycles. The van der Waals surface area contributed by atoms with Crippen LogP contribution >= 0.6 is 0 Å². The van der Waals surface area contributed by atoms with E-state index in [2.05, 4.69) is 6.07 Å². The second-order valence-corrected chi connectivity index (χ2v) is 9.92. The smallest absolute Gasteiger partial charge is 0.0622 e. The minimum absolute atomic E-state index is 0.0333. The first-order chi connectivity index (χ1) is 22.8. The van der Waals surface area contributed by atoms with Crippen LogP contribution in [0.25, 0.3) is 76.5 Å². The number of rotatable bonds is 3. The third-order valence-corrected chi connectivity index (χ3v) is 7.66. The molecule has 0 radical (unpaired) electrons. The Balaban J connectivity index is 1.75. The molecule has 8 aromatic carbocycles. The van der Waals surface area contributed by atoms with E-state index >= 15 is 0 Å². The largest absolute Gasteiger partial charge is 0.0636 e. The summed E-state index contributed by atoms with van der Waals surface area (Å²) in [7, 11) is 0. The molecule has 0 aliphatic carbocycles. The summed E-state index contributed by atoms with van der Waals surface area (Å²) >= 11 is 0. The summed E-state index contributed by atoms with van der Waals surface area (Å²) in [6, 6.07) is 35.0. The van der Waals surface area contributed by atoms with E-state index < -0.39 is 0 Å². The van der Waals surface area contributed by atoms with Gasteiger partial charge >= 0.3 is 0 Å². The van der Waals surface area contributed by atoms with Crippen molar-refractivity contribution in [2.75, 3.05) is 0 Å². The highest BCUT2D eigenvalue weighted by Gasteiger charge is 2.19. The predicted molar refractivity (Wildman–Crippen MR) is 173 cm³/mol. The quantitative estimate of drug-likeness (QED) is 0.163. The van der Waals surface area contributed by atoms with E-state index in [1.54, 1.807) is 0 Å². The Labute approximate surface area is 243 Å². The highest BCUT2D eigenvalue weighted by atomic mass is 14.2. The van der Waals surface area contributed by atoms with Crippen LogP contribution in [0.1, 0.15) is 9.60 Å². The van der Waals surface area contributed by atoms with Gasteiger partial charge in [-0.25, -0.2) is 0 Å². The first kappa shape index (κ1) is 16.7. The Hall–Kier alpha value is -5.20. The lowest BCUT2D eigenvalue weighted by Gasteiger charge is -2.20. The Kier molecular flexibility index (Phi) is 3.85. The van der Waals surface area contributed by atoms with Crippen LogP contribution < -0.4 is 0 Å². The van der Waals surface area contributed by atoms with Crippen molar-refractivity contribution in [2.45, 2.75) is 0 Å². The standard InChI is InChI=1S/C40H26/c1-3-13-27(14-4-1)29-23-24-36-38(25-29)40(35-22-12-11-21-34(35)39(36)28-15-5-2-6-16-28)37-26-30-17-7-8-18-31(30)32-19-9-10-20-33(32)37/h1-26H/i11D,12D,21D,22D,23D,24D,25D. The van der Waals surface area contributed by atoms with E-state index in [1.807, 2.05) is 109 Å². The maximum atomic E-state index is 9.83. The third-order valence-electron chi connectivity index (χ3n) is 7.66. The molecule has 0 aliphatic heterocycles. The SMILES string of the molecule is [2H]c1c([2H])c([2H])c2c(-c3cc4ccccc4c4ccccc34)c3c([2H])c(-c4ccccc4)c([2H])c([2H])c3c(-c3ccccc3)c2c1[2H]. The van der Waals surface area contributed by atoms with Crippen LogP contribution in [0.3, 0.4) is 0 Å². The lowest BCUT2D eigenvalue weighted by molar-refractivity contribution is 1.63. The van der Waals surface area contributed by atoms with Gasteiger partial charge in [0, 0.05) is 0 Å². The number of hydrogen-bond acceptors (Lipinski definition) is 0. The molecular weight excluding hydrogens is 480 g/mol. The molecule has 0 aromatic heterocycles. The van der Waals surface area contributed by atoms with E-state index in [0.717, 1.165) is 21.5 Å². The van der Waals surface area contributed by atoms with Crippen LogP contribution in [-0.4, -0.2) is 0 Å². The van der Waals surface area contributed by atoms with Crippen molar-refractivity contribution < 1.29 is 9.60 Å². The zero-order chi connectivity index (χ0) is 32.6. The molecule has 0 spiro atoms. The Bertz CT molecular complexity index is 2580. The van der Waals surface area contributed by atoms with Gasteiger partial charge in [-0.2, -0.15) is 0 Å². The lowest BCUT2D eigenvalue weighted by atomic mass is 9.83. The zero-order valence-electron chi connectivity index (χ0n) is 28.5. The molecule has 0 unspecified atom stereocenters. The van der Waals surface area contributed by atoms with Crippen molar-refractivity contribution in [2.24, 2.45) is 0 Å². The minimum Gasteiger partial charge on any atom is -0.0622 e. The third kappa shape index (κ3) is 3.54. The Morgan fingerprint density at radius 3 is 1.70 bits per heavy atom.